The molecule has 18 heavy (non-hydrogen) atoms. The SMILES string of the molecule is CC/C(=C/COc1ccc(C#N)c(Cl)c1)C(=O)O. The number of rotatable bonds is 5. The summed E-state index contributed by atoms with van der Waals surface area (Å²) in [6.45, 7) is 1.91. The normalized spacial score (nSPS) is 10.8. The van der Waals surface area contributed by atoms with Crippen molar-refractivity contribution in [2.75, 3.05) is 6.61 Å². The lowest BCUT2D eigenvalue weighted by Gasteiger charge is -2.05. The van der Waals surface area contributed by atoms with Crippen LogP contribution in [0.2, 0.25) is 5.02 Å². The smallest absolute Gasteiger partial charge is 0.331 e. The number of benzene rings is 1. The summed E-state index contributed by atoms with van der Waals surface area (Å²) in [5, 5.41) is 17.8. The van der Waals surface area contributed by atoms with Crippen LogP contribution in [0.4, 0.5) is 0 Å². The summed E-state index contributed by atoms with van der Waals surface area (Å²) in [4.78, 5) is 10.7. The van der Waals surface area contributed by atoms with E-state index < -0.39 is 5.97 Å². The van der Waals surface area contributed by atoms with Crippen LogP contribution in [0.5, 0.6) is 5.75 Å². The summed E-state index contributed by atoms with van der Waals surface area (Å²) in [6, 6.07) is 6.64. The summed E-state index contributed by atoms with van der Waals surface area (Å²) < 4.78 is 5.34. The van der Waals surface area contributed by atoms with Crippen molar-refractivity contribution in [3.63, 3.8) is 0 Å². The first-order valence-electron chi connectivity index (χ1n) is 5.33. The molecule has 0 aliphatic rings. The summed E-state index contributed by atoms with van der Waals surface area (Å²) in [7, 11) is 0. The minimum absolute atomic E-state index is 0.150. The van der Waals surface area contributed by atoms with Gasteiger partial charge in [0, 0.05) is 11.6 Å². The van der Waals surface area contributed by atoms with Gasteiger partial charge < -0.3 is 9.84 Å². The van der Waals surface area contributed by atoms with E-state index in [0.29, 0.717) is 28.3 Å². The Bertz CT molecular complexity index is 517. The summed E-state index contributed by atoms with van der Waals surface area (Å²) >= 11 is 5.84. The lowest BCUT2D eigenvalue weighted by molar-refractivity contribution is -0.132. The van der Waals surface area contributed by atoms with Crippen LogP contribution in [0.25, 0.3) is 0 Å². The molecule has 0 radical (unpaired) electrons. The molecule has 0 aliphatic heterocycles. The zero-order chi connectivity index (χ0) is 13.5. The standard InChI is InChI=1S/C13H12ClNO3/c1-2-9(13(16)17)5-6-18-11-4-3-10(8-15)12(14)7-11/h3-5,7H,2,6H2,1H3,(H,16,17)/b9-5-. The van der Waals surface area contributed by atoms with Gasteiger partial charge in [0.25, 0.3) is 0 Å². The van der Waals surface area contributed by atoms with Crippen molar-refractivity contribution in [2.24, 2.45) is 0 Å². The molecule has 0 spiro atoms. The molecule has 0 bridgehead atoms. The predicted molar refractivity (Wildman–Crippen MR) is 67.7 cm³/mol. The van der Waals surface area contributed by atoms with Gasteiger partial charge in [-0.2, -0.15) is 5.26 Å². The number of carboxylic acids is 1. The van der Waals surface area contributed by atoms with Crippen LogP contribution in [0.15, 0.2) is 29.8 Å². The molecular weight excluding hydrogens is 254 g/mol. The van der Waals surface area contributed by atoms with Crippen molar-refractivity contribution in [3.05, 3.63) is 40.4 Å². The zero-order valence-corrected chi connectivity index (χ0v) is 10.6. The van der Waals surface area contributed by atoms with Crippen LogP contribution in [-0.2, 0) is 4.79 Å². The molecule has 0 fully saturated rings. The molecule has 0 unspecified atom stereocenters. The van der Waals surface area contributed by atoms with E-state index in [2.05, 4.69) is 0 Å². The summed E-state index contributed by atoms with van der Waals surface area (Å²) in [5.41, 5.74) is 0.675. The van der Waals surface area contributed by atoms with Crippen molar-refractivity contribution in [2.45, 2.75) is 13.3 Å². The average molecular weight is 266 g/mol. The second kappa shape index (κ2) is 6.67. The molecule has 0 amide bonds. The van der Waals surface area contributed by atoms with E-state index in [1.807, 2.05) is 6.07 Å². The summed E-state index contributed by atoms with van der Waals surface area (Å²) in [5.74, 6) is -0.449. The van der Waals surface area contributed by atoms with Crippen molar-refractivity contribution >= 4 is 17.6 Å². The molecule has 4 nitrogen and oxygen atoms in total. The fraction of sp³-hybridized carbons (Fsp3) is 0.231. The number of aliphatic carboxylic acids is 1. The van der Waals surface area contributed by atoms with Gasteiger partial charge in [0.2, 0.25) is 0 Å². The first-order valence-corrected chi connectivity index (χ1v) is 5.71. The molecule has 1 aromatic carbocycles. The summed E-state index contributed by atoms with van der Waals surface area (Å²) in [6.07, 6.45) is 1.95. The third-order valence-electron chi connectivity index (χ3n) is 2.30. The highest BCUT2D eigenvalue weighted by Crippen LogP contribution is 2.21. The van der Waals surface area contributed by atoms with Crippen molar-refractivity contribution < 1.29 is 14.6 Å². The van der Waals surface area contributed by atoms with Gasteiger partial charge in [-0.25, -0.2) is 4.79 Å². The van der Waals surface area contributed by atoms with E-state index in [-0.39, 0.29) is 6.61 Å². The highest BCUT2D eigenvalue weighted by molar-refractivity contribution is 6.31. The van der Waals surface area contributed by atoms with Gasteiger partial charge in [0.05, 0.1) is 10.6 Å². The Balaban J connectivity index is 2.68. The fourth-order valence-electron chi connectivity index (χ4n) is 1.30. The largest absolute Gasteiger partial charge is 0.489 e. The van der Waals surface area contributed by atoms with E-state index in [1.54, 1.807) is 19.1 Å². The number of carbonyl (C=O) groups is 1. The Labute approximate surface area is 110 Å². The van der Waals surface area contributed by atoms with E-state index in [4.69, 9.17) is 26.7 Å². The van der Waals surface area contributed by atoms with E-state index in [9.17, 15) is 4.79 Å². The Morgan fingerprint density at radius 3 is 2.83 bits per heavy atom. The van der Waals surface area contributed by atoms with Crippen LogP contribution in [0, 0.1) is 11.3 Å². The highest BCUT2D eigenvalue weighted by Gasteiger charge is 2.04. The van der Waals surface area contributed by atoms with E-state index in [1.165, 1.54) is 12.1 Å². The lowest BCUT2D eigenvalue weighted by atomic mass is 10.2. The predicted octanol–water partition coefficient (Wildman–Crippen LogP) is 3.01. The van der Waals surface area contributed by atoms with Crippen LogP contribution < -0.4 is 4.74 Å². The van der Waals surface area contributed by atoms with E-state index in [0.717, 1.165) is 0 Å². The molecule has 1 rings (SSSR count). The van der Waals surface area contributed by atoms with E-state index >= 15 is 0 Å². The van der Waals surface area contributed by atoms with Crippen LogP contribution in [0.1, 0.15) is 18.9 Å². The second-order valence-electron chi connectivity index (χ2n) is 3.45. The zero-order valence-electron chi connectivity index (χ0n) is 9.81. The maximum Gasteiger partial charge on any atom is 0.331 e. The maximum absolute atomic E-state index is 10.7. The minimum atomic E-state index is -0.945. The number of carboxylic acid groups (broad SMARTS) is 1. The second-order valence-corrected chi connectivity index (χ2v) is 3.86. The molecule has 1 aromatic rings. The van der Waals surface area contributed by atoms with Gasteiger partial charge in [-0.05, 0) is 24.6 Å². The molecule has 0 aromatic heterocycles. The first kappa shape index (κ1) is 14.1. The van der Waals surface area contributed by atoms with Crippen molar-refractivity contribution in [1.29, 1.82) is 5.26 Å². The van der Waals surface area contributed by atoms with Crippen LogP contribution >= 0.6 is 11.6 Å². The molecule has 0 saturated carbocycles. The number of hydrogen-bond acceptors (Lipinski definition) is 3. The third kappa shape index (κ3) is 3.79. The number of ether oxygens (including phenoxy) is 1. The van der Waals surface area contributed by atoms with Gasteiger partial charge in [0.15, 0.2) is 0 Å². The molecule has 0 saturated heterocycles. The molecule has 94 valence electrons. The Kier molecular flexibility index (Phi) is 5.22. The third-order valence-corrected chi connectivity index (χ3v) is 2.61. The quantitative estimate of drug-likeness (QED) is 0.831. The lowest BCUT2D eigenvalue weighted by Crippen LogP contribution is -2.03. The number of nitriles is 1. The monoisotopic (exact) mass is 265 g/mol. The Hall–Kier alpha value is -1.99. The highest BCUT2D eigenvalue weighted by atomic mass is 35.5. The average Bonchev–Trinajstić information content (AvgIpc) is 2.34. The molecule has 5 heteroatoms. The van der Waals surface area contributed by atoms with Gasteiger partial charge in [-0.1, -0.05) is 18.5 Å². The van der Waals surface area contributed by atoms with Crippen LogP contribution in [-0.4, -0.2) is 17.7 Å². The number of hydrogen-bond donors (Lipinski definition) is 1. The molecular formula is C13H12ClNO3. The van der Waals surface area contributed by atoms with Gasteiger partial charge in [0.1, 0.15) is 18.4 Å². The van der Waals surface area contributed by atoms with Crippen LogP contribution in [0.3, 0.4) is 0 Å². The van der Waals surface area contributed by atoms with Crippen molar-refractivity contribution in [1.82, 2.24) is 0 Å². The maximum atomic E-state index is 10.7. The fourth-order valence-corrected chi connectivity index (χ4v) is 1.51. The first-order chi connectivity index (χ1) is 8.58. The molecule has 0 aliphatic carbocycles. The Morgan fingerprint density at radius 1 is 1.61 bits per heavy atom. The topological polar surface area (TPSA) is 70.3 Å². The Morgan fingerprint density at radius 2 is 2.33 bits per heavy atom. The molecule has 0 atom stereocenters. The number of halogens is 1. The van der Waals surface area contributed by atoms with Gasteiger partial charge in [-0.15, -0.1) is 0 Å². The van der Waals surface area contributed by atoms with Gasteiger partial charge in [-0.3, -0.25) is 0 Å². The minimum Gasteiger partial charge on any atom is -0.489 e. The molecule has 0 heterocycles. The van der Waals surface area contributed by atoms with Crippen molar-refractivity contribution in [3.8, 4) is 11.8 Å². The van der Waals surface area contributed by atoms with Gasteiger partial charge >= 0.3 is 5.97 Å². The molecule has 1 N–H and O–H groups in total. The number of nitrogens with zero attached hydrogens (tertiary/aromatic N) is 1.